The highest BCUT2D eigenvalue weighted by Crippen LogP contribution is 2.21. The van der Waals surface area contributed by atoms with Gasteiger partial charge in [-0.05, 0) is 24.4 Å². The molecule has 0 aliphatic carbocycles. The summed E-state index contributed by atoms with van der Waals surface area (Å²) in [4.78, 5) is 13.1. The maximum absolute atomic E-state index is 10.9. The van der Waals surface area contributed by atoms with E-state index < -0.39 is 5.97 Å². The lowest BCUT2D eigenvalue weighted by molar-refractivity contribution is -0.141. The lowest BCUT2D eigenvalue weighted by Gasteiger charge is -2.20. The molecule has 1 aliphatic rings. The molecule has 0 saturated carbocycles. The molecule has 1 fully saturated rings. The van der Waals surface area contributed by atoms with Crippen LogP contribution in [0.25, 0.3) is 0 Å². The molecule has 2 rings (SSSR count). The van der Waals surface area contributed by atoms with E-state index in [4.69, 9.17) is 5.11 Å². The van der Waals surface area contributed by atoms with Crippen LogP contribution in [-0.4, -0.2) is 35.6 Å². The topological polar surface area (TPSA) is 40.5 Å². The Balaban J connectivity index is 1.88. The monoisotopic (exact) mass is 233 g/mol. The van der Waals surface area contributed by atoms with Crippen LogP contribution in [0.5, 0.6) is 0 Å². The zero-order valence-corrected chi connectivity index (χ0v) is 10.2. The molecule has 1 aromatic rings. The normalized spacial score (nSPS) is 22.5. The van der Waals surface area contributed by atoms with Gasteiger partial charge in [0.25, 0.3) is 0 Å². The van der Waals surface area contributed by atoms with E-state index in [1.165, 1.54) is 5.56 Å². The molecule has 1 saturated heterocycles. The number of carbonyl (C=O) groups is 1. The quantitative estimate of drug-likeness (QED) is 0.866. The summed E-state index contributed by atoms with van der Waals surface area (Å²) in [6.45, 7) is 4.76. The molecule has 1 aliphatic heterocycles. The summed E-state index contributed by atoms with van der Waals surface area (Å²) < 4.78 is 0. The molecule has 0 aromatic heterocycles. The molecule has 3 nitrogen and oxygen atoms in total. The molecule has 92 valence electrons. The Bertz CT molecular complexity index is 377. The highest BCUT2D eigenvalue weighted by Gasteiger charge is 2.28. The van der Waals surface area contributed by atoms with E-state index in [1.807, 2.05) is 6.07 Å². The van der Waals surface area contributed by atoms with Crippen LogP contribution < -0.4 is 0 Å². The number of rotatable bonds is 4. The van der Waals surface area contributed by atoms with Crippen LogP contribution in [0.3, 0.4) is 0 Å². The Hall–Kier alpha value is -1.35. The molecular weight excluding hydrogens is 214 g/mol. The fourth-order valence-corrected chi connectivity index (χ4v) is 2.47. The van der Waals surface area contributed by atoms with Gasteiger partial charge < -0.3 is 10.0 Å². The predicted molar refractivity (Wildman–Crippen MR) is 67.0 cm³/mol. The number of nitrogens with zero attached hydrogens (tertiary/aromatic N) is 1. The molecule has 1 aromatic carbocycles. The zero-order valence-electron chi connectivity index (χ0n) is 10.2. The Morgan fingerprint density at radius 2 is 2.18 bits per heavy atom. The van der Waals surface area contributed by atoms with Crippen molar-refractivity contribution in [1.82, 2.24) is 4.90 Å². The first-order valence-electron chi connectivity index (χ1n) is 6.17. The van der Waals surface area contributed by atoms with E-state index >= 15 is 0 Å². The third kappa shape index (κ3) is 3.07. The van der Waals surface area contributed by atoms with Gasteiger partial charge in [0.15, 0.2) is 0 Å². The molecular formula is C14H19NO2. The fourth-order valence-electron chi connectivity index (χ4n) is 2.47. The second-order valence-electron chi connectivity index (χ2n) is 4.90. The maximum Gasteiger partial charge on any atom is 0.307 e. The molecule has 1 heterocycles. The van der Waals surface area contributed by atoms with Crippen LogP contribution in [0.2, 0.25) is 0 Å². The predicted octanol–water partition coefficient (Wildman–Crippen LogP) is 2.20. The minimum atomic E-state index is -0.653. The van der Waals surface area contributed by atoms with E-state index in [0.29, 0.717) is 12.5 Å². The van der Waals surface area contributed by atoms with Crippen molar-refractivity contribution in [3.05, 3.63) is 35.9 Å². The molecule has 3 heteroatoms. The number of likely N-dealkylation sites (tertiary alicyclic amines) is 1. The summed E-state index contributed by atoms with van der Waals surface area (Å²) >= 11 is 0. The Morgan fingerprint density at radius 3 is 2.76 bits per heavy atom. The van der Waals surface area contributed by atoms with E-state index in [1.54, 1.807) is 0 Å². The van der Waals surface area contributed by atoms with Gasteiger partial charge in [0.05, 0.1) is 5.92 Å². The van der Waals surface area contributed by atoms with E-state index in [2.05, 4.69) is 36.1 Å². The van der Waals surface area contributed by atoms with Crippen molar-refractivity contribution < 1.29 is 9.90 Å². The van der Waals surface area contributed by atoms with Gasteiger partial charge in [-0.15, -0.1) is 0 Å². The van der Waals surface area contributed by atoms with Crippen LogP contribution in [0.1, 0.15) is 24.8 Å². The number of aliphatic carboxylic acids is 1. The first-order valence-corrected chi connectivity index (χ1v) is 6.17. The number of benzene rings is 1. The number of carboxylic acids is 1. The molecule has 0 radical (unpaired) electrons. The number of hydrogen-bond acceptors (Lipinski definition) is 2. The lowest BCUT2D eigenvalue weighted by Crippen LogP contribution is -2.27. The van der Waals surface area contributed by atoms with Gasteiger partial charge in [-0.2, -0.15) is 0 Å². The van der Waals surface area contributed by atoms with E-state index in [9.17, 15) is 4.79 Å². The third-order valence-electron chi connectivity index (χ3n) is 3.52. The van der Waals surface area contributed by atoms with Crippen LogP contribution in [-0.2, 0) is 4.79 Å². The molecule has 0 unspecified atom stereocenters. The molecule has 0 spiro atoms. The smallest absolute Gasteiger partial charge is 0.307 e. The average molecular weight is 233 g/mol. The number of carboxylic acid groups (broad SMARTS) is 1. The summed E-state index contributed by atoms with van der Waals surface area (Å²) in [5.41, 5.74) is 1.33. The summed E-state index contributed by atoms with van der Waals surface area (Å²) in [5.74, 6) is -0.360. The summed E-state index contributed by atoms with van der Waals surface area (Å²) in [7, 11) is 0. The van der Waals surface area contributed by atoms with Crippen LogP contribution in [0.15, 0.2) is 30.3 Å². The second-order valence-corrected chi connectivity index (χ2v) is 4.90. The Kier molecular flexibility index (Phi) is 3.79. The van der Waals surface area contributed by atoms with Gasteiger partial charge in [-0.25, -0.2) is 0 Å². The van der Waals surface area contributed by atoms with Gasteiger partial charge >= 0.3 is 5.97 Å². The van der Waals surface area contributed by atoms with Crippen molar-refractivity contribution in [2.24, 2.45) is 5.92 Å². The van der Waals surface area contributed by atoms with Gasteiger partial charge in [0, 0.05) is 13.1 Å². The highest BCUT2D eigenvalue weighted by molar-refractivity contribution is 5.70. The Morgan fingerprint density at radius 1 is 1.47 bits per heavy atom. The molecule has 2 atom stereocenters. The van der Waals surface area contributed by atoms with Crippen molar-refractivity contribution in [3.8, 4) is 0 Å². The van der Waals surface area contributed by atoms with Crippen LogP contribution in [0.4, 0.5) is 0 Å². The van der Waals surface area contributed by atoms with Gasteiger partial charge in [0.2, 0.25) is 0 Å². The first-order chi connectivity index (χ1) is 8.16. The molecule has 0 bridgehead atoms. The fraction of sp³-hybridized carbons (Fsp3) is 0.500. The SMILES string of the molecule is C[C@H](CN1CC[C@@H](C(=O)O)C1)c1ccccc1. The van der Waals surface area contributed by atoms with Gasteiger partial charge in [-0.3, -0.25) is 4.79 Å². The van der Waals surface area contributed by atoms with Crippen LogP contribution in [0, 0.1) is 5.92 Å². The van der Waals surface area contributed by atoms with E-state index in [0.717, 1.165) is 19.5 Å². The highest BCUT2D eigenvalue weighted by atomic mass is 16.4. The second kappa shape index (κ2) is 5.32. The first kappa shape index (κ1) is 12.1. The van der Waals surface area contributed by atoms with Crippen molar-refractivity contribution in [3.63, 3.8) is 0 Å². The zero-order chi connectivity index (χ0) is 12.3. The standard InChI is InChI=1S/C14H19NO2/c1-11(12-5-3-2-4-6-12)9-15-8-7-13(10-15)14(16)17/h2-6,11,13H,7-10H2,1H3,(H,16,17)/t11-,13-/m1/s1. The van der Waals surface area contributed by atoms with Gasteiger partial charge in [-0.1, -0.05) is 37.3 Å². The van der Waals surface area contributed by atoms with Crippen molar-refractivity contribution in [1.29, 1.82) is 0 Å². The summed E-state index contributed by atoms with van der Waals surface area (Å²) in [6, 6.07) is 10.4. The maximum atomic E-state index is 10.9. The minimum Gasteiger partial charge on any atom is -0.481 e. The van der Waals surface area contributed by atoms with Crippen molar-refractivity contribution in [2.45, 2.75) is 19.3 Å². The number of hydrogen-bond donors (Lipinski definition) is 1. The van der Waals surface area contributed by atoms with Crippen molar-refractivity contribution >= 4 is 5.97 Å². The summed E-state index contributed by atoms with van der Waals surface area (Å²) in [5, 5.41) is 8.96. The minimum absolute atomic E-state index is 0.169. The average Bonchev–Trinajstić information content (AvgIpc) is 2.79. The molecule has 1 N–H and O–H groups in total. The molecule has 0 amide bonds. The van der Waals surface area contributed by atoms with Crippen molar-refractivity contribution in [2.75, 3.05) is 19.6 Å². The van der Waals surface area contributed by atoms with E-state index in [-0.39, 0.29) is 5.92 Å². The van der Waals surface area contributed by atoms with Crippen LogP contribution >= 0.6 is 0 Å². The van der Waals surface area contributed by atoms with Gasteiger partial charge in [0.1, 0.15) is 0 Å². The summed E-state index contributed by atoms with van der Waals surface area (Å²) in [6.07, 6.45) is 0.789. The third-order valence-corrected chi connectivity index (χ3v) is 3.52. The largest absolute Gasteiger partial charge is 0.481 e. The Labute approximate surface area is 102 Å². The molecule has 17 heavy (non-hydrogen) atoms. The lowest BCUT2D eigenvalue weighted by atomic mass is 10.0.